The van der Waals surface area contributed by atoms with Crippen molar-refractivity contribution in [2.75, 3.05) is 0 Å². The van der Waals surface area contributed by atoms with Gasteiger partial charge in [0.1, 0.15) is 5.75 Å². The van der Waals surface area contributed by atoms with Gasteiger partial charge < -0.3 is 10.8 Å². The number of hydrogen-bond acceptors (Lipinski definition) is 2. The van der Waals surface area contributed by atoms with E-state index < -0.39 is 0 Å². The van der Waals surface area contributed by atoms with E-state index in [4.69, 9.17) is 5.73 Å². The first-order chi connectivity index (χ1) is 5.52. The Kier molecular flexibility index (Phi) is 2.95. The van der Waals surface area contributed by atoms with Crippen molar-refractivity contribution in [2.24, 2.45) is 5.73 Å². The second-order valence-electron chi connectivity index (χ2n) is 2.97. The molecule has 0 fully saturated rings. The summed E-state index contributed by atoms with van der Waals surface area (Å²) in [5, 5.41) is 9.60. The molecule has 0 spiro atoms. The first-order valence-corrected chi connectivity index (χ1v) is 4.85. The maximum atomic E-state index is 9.60. The van der Waals surface area contributed by atoms with E-state index >= 15 is 0 Å². The lowest BCUT2D eigenvalue weighted by Gasteiger charge is -2.10. The van der Waals surface area contributed by atoms with Crippen molar-refractivity contribution in [1.29, 1.82) is 0 Å². The van der Waals surface area contributed by atoms with Gasteiger partial charge in [0.2, 0.25) is 0 Å². The predicted molar refractivity (Wildman–Crippen MR) is 58.2 cm³/mol. The van der Waals surface area contributed by atoms with E-state index in [1.165, 1.54) is 0 Å². The molecule has 66 valence electrons. The molecular formula is C9H12INO. The maximum Gasteiger partial charge on any atom is 0.133 e. The lowest BCUT2D eigenvalue weighted by molar-refractivity contribution is 0.459. The number of aryl methyl sites for hydroxylation is 1. The van der Waals surface area contributed by atoms with Crippen LogP contribution in [0.2, 0.25) is 0 Å². The van der Waals surface area contributed by atoms with Crippen LogP contribution in [-0.2, 0) is 0 Å². The van der Waals surface area contributed by atoms with Crippen LogP contribution in [0.15, 0.2) is 12.1 Å². The number of rotatable bonds is 1. The molecule has 0 radical (unpaired) electrons. The molecule has 0 unspecified atom stereocenters. The normalized spacial score (nSPS) is 13.0. The van der Waals surface area contributed by atoms with E-state index in [2.05, 4.69) is 22.6 Å². The van der Waals surface area contributed by atoms with Gasteiger partial charge in [-0.1, -0.05) is 6.07 Å². The number of hydrogen-bond donors (Lipinski definition) is 2. The molecule has 12 heavy (non-hydrogen) atoms. The maximum absolute atomic E-state index is 9.60. The highest BCUT2D eigenvalue weighted by Crippen LogP contribution is 2.29. The number of benzene rings is 1. The molecule has 1 atom stereocenters. The van der Waals surface area contributed by atoms with E-state index in [0.717, 1.165) is 14.7 Å². The lowest BCUT2D eigenvalue weighted by Crippen LogP contribution is -2.06. The van der Waals surface area contributed by atoms with E-state index in [0.29, 0.717) is 5.75 Å². The Morgan fingerprint density at radius 2 is 2.08 bits per heavy atom. The van der Waals surface area contributed by atoms with Crippen molar-refractivity contribution in [3.05, 3.63) is 26.8 Å². The topological polar surface area (TPSA) is 46.2 Å². The fourth-order valence-corrected chi connectivity index (χ4v) is 1.91. The quantitative estimate of drug-likeness (QED) is 0.774. The van der Waals surface area contributed by atoms with Crippen LogP contribution >= 0.6 is 22.6 Å². The van der Waals surface area contributed by atoms with Gasteiger partial charge in [-0.15, -0.1) is 0 Å². The van der Waals surface area contributed by atoms with Gasteiger partial charge in [0, 0.05) is 11.6 Å². The summed E-state index contributed by atoms with van der Waals surface area (Å²) in [4.78, 5) is 0. The second kappa shape index (κ2) is 3.62. The molecule has 1 aromatic rings. The Labute approximate surface area is 85.9 Å². The molecular weight excluding hydrogens is 265 g/mol. The van der Waals surface area contributed by atoms with Crippen LogP contribution in [0.4, 0.5) is 0 Å². The van der Waals surface area contributed by atoms with Gasteiger partial charge in [-0.25, -0.2) is 0 Å². The van der Waals surface area contributed by atoms with Crippen molar-refractivity contribution in [1.82, 2.24) is 0 Å². The zero-order chi connectivity index (χ0) is 9.30. The number of halogens is 1. The molecule has 2 nitrogen and oxygen atoms in total. The van der Waals surface area contributed by atoms with Crippen molar-refractivity contribution in [3.63, 3.8) is 0 Å². The van der Waals surface area contributed by atoms with Crippen molar-refractivity contribution in [2.45, 2.75) is 19.9 Å². The van der Waals surface area contributed by atoms with Crippen molar-refractivity contribution < 1.29 is 5.11 Å². The Balaban J connectivity index is 3.28. The first-order valence-electron chi connectivity index (χ1n) is 3.77. The highest BCUT2D eigenvalue weighted by Gasteiger charge is 2.09. The smallest absolute Gasteiger partial charge is 0.133 e. The van der Waals surface area contributed by atoms with Gasteiger partial charge >= 0.3 is 0 Å². The van der Waals surface area contributed by atoms with Gasteiger partial charge in [0.15, 0.2) is 0 Å². The molecule has 0 aromatic heterocycles. The van der Waals surface area contributed by atoms with Crippen LogP contribution in [0.5, 0.6) is 5.75 Å². The lowest BCUT2D eigenvalue weighted by atomic mass is 10.1. The van der Waals surface area contributed by atoms with E-state index in [-0.39, 0.29) is 6.04 Å². The first kappa shape index (κ1) is 9.80. The van der Waals surface area contributed by atoms with Crippen LogP contribution in [0.25, 0.3) is 0 Å². The standard InChI is InChI=1S/C9H12INO/c1-5-3-7(6(2)11)9(12)8(10)4-5/h3-4,6,12H,11H2,1-2H3/t6-/m0/s1. The van der Waals surface area contributed by atoms with Crippen LogP contribution in [0.3, 0.4) is 0 Å². The molecule has 0 bridgehead atoms. The highest BCUT2D eigenvalue weighted by atomic mass is 127. The monoisotopic (exact) mass is 277 g/mol. The average Bonchev–Trinajstić information content (AvgIpc) is 1.96. The molecule has 1 rings (SSSR count). The summed E-state index contributed by atoms with van der Waals surface area (Å²) < 4.78 is 0.861. The van der Waals surface area contributed by atoms with Crippen LogP contribution in [0, 0.1) is 10.5 Å². The number of nitrogens with two attached hydrogens (primary N) is 1. The fraction of sp³-hybridized carbons (Fsp3) is 0.333. The zero-order valence-corrected chi connectivity index (χ0v) is 9.29. The van der Waals surface area contributed by atoms with E-state index in [9.17, 15) is 5.11 Å². The third-order valence-electron chi connectivity index (χ3n) is 1.73. The molecule has 3 heteroatoms. The Morgan fingerprint density at radius 1 is 1.50 bits per heavy atom. The zero-order valence-electron chi connectivity index (χ0n) is 7.13. The number of aromatic hydroxyl groups is 1. The van der Waals surface area contributed by atoms with Crippen LogP contribution in [0.1, 0.15) is 24.1 Å². The Bertz CT molecular complexity index is 297. The minimum Gasteiger partial charge on any atom is -0.506 e. The van der Waals surface area contributed by atoms with Gasteiger partial charge in [-0.05, 0) is 48.1 Å². The summed E-state index contributed by atoms with van der Waals surface area (Å²) in [6.07, 6.45) is 0. The summed E-state index contributed by atoms with van der Waals surface area (Å²) in [5.74, 6) is 0.316. The second-order valence-corrected chi connectivity index (χ2v) is 4.14. The molecule has 0 aliphatic rings. The minimum absolute atomic E-state index is 0.113. The van der Waals surface area contributed by atoms with Crippen molar-refractivity contribution in [3.8, 4) is 5.75 Å². The molecule has 0 aliphatic heterocycles. The van der Waals surface area contributed by atoms with Gasteiger partial charge in [0.25, 0.3) is 0 Å². The largest absolute Gasteiger partial charge is 0.506 e. The van der Waals surface area contributed by atoms with Crippen LogP contribution in [-0.4, -0.2) is 5.11 Å². The number of phenols is 1. The third kappa shape index (κ3) is 1.90. The fourth-order valence-electron chi connectivity index (χ4n) is 1.11. The molecule has 1 aromatic carbocycles. The molecule has 0 saturated heterocycles. The highest BCUT2D eigenvalue weighted by molar-refractivity contribution is 14.1. The van der Waals surface area contributed by atoms with Gasteiger partial charge in [-0.2, -0.15) is 0 Å². The SMILES string of the molecule is Cc1cc(I)c(O)c([C@H](C)N)c1. The van der Waals surface area contributed by atoms with Crippen molar-refractivity contribution >= 4 is 22.6 Å². The number of phenolic OH excluding ortho intramolecular Hbond substituents is 1. The Hall–Kier alpha value is -0.290. The van der Waals surface area contributed by atoms with Gasteiger partial charge in [-0.3, -0.25) is 0 Å². The molecule has 0 aliphatic carbocycles. The van der Waals surface area contributed by atoms with Gasteiger partial charge in [0.05, 0.1) is 3.57 Å². The van der Waals surface area contributed by atoms with E-state index in [1.54, 1.807) is 0 Å². The van der Waals surface area contributed by atoms with E-state index in [1.807, 2.05) is 26.0 Å². The Morgan fingerprint density at radius 3 is 2.58 bits per heavy atom. The average molecular weight is 277 g/mol. The summed E-state index contributed by atoms with van der Waals surface area (Å²) >= 11 is 2.10. The molecule has 0 amide bonds. The summed E-state index contributed by atoms with van der Waals surface area (Å²) in [5.41, 5.74) is 7.64. The van der Waals surface area contributed by atoms with Crippen LogP contribution < -0.4 is 5.73 Å². The summed E-state index contributed by atoms with van der Waals surface area (Å²) in [6.45, 7) is 3.86. The molecule has 0 saturated carbocycles. The summed E-state index contributed by atoms with van der Waals surface area (Å²) in [7, 11) is 0. The predicted octanol–water partition coefficient (Wildman–Crippen LogP) is 2.32. The third-order valence-corrected chi connectivity index (χ3v) is 2.55. The molecule has 0 heterocycles. The summed E-state index contributed by atoms with van der Waals surface area (Å²) in [6, 6.07) is 3.74. The molecule has 3 N–H and O–H groups in total. The minimum atomic E-state index is -0.113.